The third-order valence-electron chi connectivity index (χ3n) is 3.35. The summed E-state index contributed by atoms with van der Waals surface area (Å²) in [6, 6.07) is 10.7. The molecule has 24 heavy (non-hydrogen) atoms. The molecular weight excluding hydrogens is 330 g/mol. The molecule has 3 aromatic heterocycles. The Labute approximate surface area is 140 Å². The van der Waals surface area contributed by atoms with Crippen LogP contribution in [0.5, 0.6) is 0 Å². The van der Waals surface area contributed by atoms with E-state index >= 15 is 0 Å². The average Bonchev–Trinajstić information content (AvgIpc) is 3.23. The fourth-order valence-corrected chi connectivity index (χ4v) is 2.40. The highest BCUT2D eigenvalue weighted by Gasteiger charge is 2.20. The first-order valence-corrected chi connectivity index (χ1v) is 7.32. The van der Waals surface area contributed by atoms with Gasteiger partial charge >= 0.3 is 0 Å². The van der Waals surface area contributed by atoms with Crippen LogP contribution in [-0.4, -0.2) is 30.1 Å². The highest BCUT2D eigenvalue weighted by molar-refractivity contribution is 6.32. The van der Waals surface area contributed by atoms with Crippen molar-refractivity contribution < 1.29 is 4.52 Å². The van der Waals surface area contributed by atoms with E-state index in [-0.39, 0.29) is 11.7 Å². The summed E-state index contributed by atoms with van der Waals surface area (Å²) in [4.78, 5) is 8.26. The van der Waals surface area contributed by atoms with Crippen molar-refractivity contribution in [1.82, 2.24) is 30.1 Å². The highest BCUT2D eigenvalue weighted by atomic mass is 35.5. The number of rotatable bonds is 3. The SMILES string of the molecule is Nc1c(-c2nc(-c3ccncc3)no2)nnn1-c1ccccc1Cl. The average molecular weight is 340 g/mol. The molecular formula is C15H10ClN7O. The number of hydrogen-bond acceptors (Lipinski definition) is 7. The van der Waals surface area contributed by atoms with E-state index in [0.29, 0.717) is 22.2 Å². The maximum Gasteiger partial charge on any atom is 0.282 e. The fraction of sp³-hybridized carbons (Fsp3) is 0. The molecule has 0 unspecified atom stereocenters. The van der Waals surface area contributed by atoms with Gasteiger partial charge in [-0.15, -0.1) is 5.10 Å². The van der Waals surface area contributed by atoms with Crippen LogP contribution in [0.15, 0.2) is 53.3 Å². The Bertz CT molecular complexity index is 996. The van der Waals surface area contributed by atoms with Gasteiger partial charge in [-0.25, -0.2) is 0 Å². The Balaban J connectivity index is 1.74. The number of aromatic nitrogens is 6. The number of halogens is 1. The predicted molar refractivity (Wildman–Crippen MR) is 87.3 cm³/mol. The van der Waals surface area contributed by atoms with Gasteiger partial charge in [-0.2, -0.15) is 9.67 Å². The smallest absolute Gasteiger partial charge is 0.282 e. The van der Waals surface area contributed by atoms with E-state index in [4.69, 9.17) is 21.9 Å². The lowest BCUT2D eigenvalue weighted by molar-refractivity contribution is 0.431. The van der Waals surface area contributed by atoms with Gasteiger partial charge in [0.25, 0.3) is 5.89 Å². The summed E-state index contributed by atoms with van der Waals surface area (Å²) in [6.45, 7) is 0. The van der Waals surface area contributed by atoms with Crippen LogP contribution in [0, 0.1) is 0 Å². The lowest BCUT2D eigenvalue weighted by Crippen LogP contribution is -2.02. The second-order valence-corrected chi connectivity index (χ2v) is 5.25. The molecule has 0 bridgehead atoms. The molecule has 0 fully saturated rings. The summed E-state index contributed by atoms with van der Waals surface area (Å²) in [5, 5.41) is 12.5. The molecule has 4 aromatic rings. The molecule has 0 radical (unpaired) electrons. The van der Waals surface area contributed by atoms with Crippen molar-refractivity contribution in [2.24, 2.45) is 0 Å². The zero-order valence-electron chi connectivity index (χ0n) is 12.2. The van der Waals surface area contributed by atoms with Gasteiger partial charge in [-0.05, 0) is 24.3 Å². The lowest BCUT2D eigenvalue weighted by atomic mass is 10.2. The van der Waals surface area contributed by atoms with Gasteiger partial charge in [-0.1, -0.05) is 34.1 Å². The minimum Gasteiger partial charge on any atom is -0.382 e. The Morgan fingerprint density at radius 3 is 2.67 bits per heavy atom. The molecule has 3 heterocycles. The fourth-order valence-electron chi connectivity index (χ4n) is 2.18. The van der Waals surface area contributed by atoms with Crippen LogP contribution in [0.25, 0.3) is 28.7 Å². The second kappa shape index (κ2) is 5.74. The topological polar surface area (TPSA) is 109 Å². The van der Waals surface area contributed by atoms with E-state index in [2.05, 4.69) is 25.4 Å². The van der Waals surface area contributed by atoms with Crippen molar-refractivity contribution in [3.8, 4) is 28.7 Å². The summed E-state index contributed by atoms with van der Waals surface area (Å²) in [5.41, 5.74) is 7.81. The zero-order chi connectivity index (χ0) is 16.5. The summed E-state index contributed by atoms with van der Waals surface area (Å²) in [7, 11) is 0. The van der Waals surface area contributed by atoms with E-state index in [9.17, 15) is 0 Å². The van der Waals surface area contributed by atoms with Crippen LogP contribution < -0.4 is 5.73 Å². The normalized spacial score (nSPS) is 10.9. The first kappa shape index (κ1) is 14.3. The van der Waals surface area contributed by atoms with Gasteiger partial charge in [0.05, 0.1) is 10.7 Å². The highest BCUT2D eigenvalue weighted by Crippen LogP contribution is 2.28. The van der Waals surface area contributed by atoms with Crippen LogP contribution in [0.2, 0.25) is 5.02 Å². The Hall–Kier alpha value is -3.26. The first-order chi connectivity index (χ1) is 11.7. The van der Waals surface area contributed by atoms with Crippen molar-refractivity contribution in [1.29, 1.82) is 0 Å². The van der Waals surface area contributed by atoms with Crippen molar-refractivity contribution in [3.63, 3.8) is 0 Å². The number of nitrogens with two attached hydrogens (primary N) is 1. The second-order valence-electron chi connectivity index (χ2n) is 4.85. The third-order valence-corrected chi connectivity index (χ3v) is 3.67. The van der Waals surface area contributed by atoms with Gasteiger partial charge in [0.2, 0.25) is 5.82 Å². The van der Waals surface area contributed by atoms with Gasteiger partial charge in [-0.3, -0.25) is 4.98 Å². The molecule has 0 aliphatic carbocycles. The van der Waals surface area contributed by atoms with Gasteiger partial charge < -0.3 is 10.3 Å². The summed E-state index contributed by atoms with van der Waals surface area (Å²) < 4.78 is 6.68. The molecule has 0 aliphatic heterocycles. The summed E-state index contributed by atoms with van der Waals surface area (Å²) >= 11 is 6.17. The van der Waals surface area contributed by atoms with E-state index in [1.165, 1.54) is 4.68 Å². The number of nitrogen functional groups attached to an aromatic ring is 1. The number of benzene rings is 1. The van der Waals surface area contributed by atoms with E-state index < -0.39 is 0 Å². The van der Waals surface area contributed by atoms with E-state index in [1.54, 1.807) is 36.7 Å². The number of para-hydroxylation sites is 1. The van der Waals surface area contributed by atoms with Crippen molar-refractivity contribution in [2.45, 2.75) is 0 Å². The Morgan fingerprint density at radius 1 is 1.08 bits per heavy atom. The zero-order valence-corrected chi connectivity index (χ0v) is 12.9. The van der Waals surface area contributed by atoms with Crippen LogP contribution in [0.3, 0.4) is 0 Å². The largest absolute Gasteiger partial charge is 0.382 e. The van der Waals surface area contributed by atoms with Crippen LogP contribution >= 0.6 is 11.6 Å². The van der Waals surface area contributed by atoms with Crippen LogP contribution in [-0.2, 0) is 0 Å². The van der Waals surface area contributed by atoms with E-state index in [1.807, 2.05) is 12.1 Å². The van der Waals surface area contributed by atoms with Crippen LogP contribution in [0.4, 0.5) is 5.82 Å². The molecule has 0 amide bonds. The van der Waals surface area contributed by atoms with E-state index in [0.717, 1.165) is 5.56 Å². The number of nitrogens with zero attached hydrogens (tertiary/aromatic N) is 6. The first-order valence-electron chi connectivity index (χ1n) is 6.94. The standard InChI is InChI=1S/C15H10ClN7O/c16-10-3-1-2-4-11(10)23-13(17)12(20-22-23)15-19-14(21-24-15)9-5-7-18-8-6-9/h1-8H,17H2. The lowest BCUT2D eigenvalue weighted by Gasteiger charge is -2.04. The molecule has 4 rings (SSSR count). The molecule has 0 aliphatic rings. The minimum atomic E-state index is 0.178. The Kier molecular flexibility index (Phi) is 3.43. The minimum absolute atomic E-state index is 0.178. The van der Waals surface area contributed by atoms with Gasteiger partial charge in [0.1, 0.15) is 0 Å². The van der Waals surface area contributed by atoms with Crippen LogP contribution in [0.1, 0.15) is 0 Å². The number of pyridine rings is 1. The molecule has 9 heteroatoms. The molecule has 0 atom stereocenters. The molecule has 0 saturated heterocycles. The Morgan fingerprint density at radius 2 is 1.88 bits per heavy atom. The van der Waals surface area contributed by atoms with Crippen molar-refractivity contribution in [3.05, 3.63) is 53.8 Å². The number of hydrogen-bond donors (Lipinski definition) is 1. The number of anilines is 1. The molecule has 1 aromatic carbocycles. The molecule has 2 N–H and O–H groups in total. The molecule has 118 valence electrons. The molecule has 0 saturated carbocycles. The predicted octanol–water partition coefficient (Wildman–Crippen LogP) is 2.61. The van der Waals surface area contributed by atoms with Crippen molar-refractivity contribution >= 4 is 17.4 Å². The van der Waals surface area contributed by atoms with Crippen molar-refractivity contribution in [2.75, 3.05) is 5.73 Å². The molecule has 0 spiro atoms. The third kappa shape index (κ3) is 2.38. The maximum absolute atomic E-state index is 6.17. The quantitative estimate of drug-likeness (QED) is 0.611. The monoisotopic (exact) mass is 339 g/mol. The molecule has 8 nitrogen and oxygen atoms in total. The maximum atomic E-state index is 6.17. The van der Waals surface area contributed by atoms with Gasteiger partial charge in [0.15, 0.2) is 11.5 Å². The summed E-state index contributed by atoms with van der Waals surface area (Å²) in [6.07, 6.45) is 3.29. The van der Waals surface area contributed by atoms with Gasteiger partial charge in [0, 0.05) is 18.0 Å². The summed E-state index contributed by atoms with van der Waals surface area (Å²) in [5.74, 6) is 0.852.